The second kappa shape index (κ2) is 3.28. The minimum Gasteiger partial charge on any atom is -0.319 e. The van der Waals surface area contributed by atoms with Crippen molar-refractivity contribution in [3.8, 4) is 0 Å². The Balaban J connectivity index is 2.34. The van der Waals surface area contributed by atoms with E-state index >= 15 is 0 Å². The van der Waals surface area contributed by atoms with Crippen molar-refractivity contribution in [2.75, 3.05) is 0 Å². The predicted octanol–water partition coefficient (Wildman–Crippen LogP) is 1.59. The van der Waals surface area contributed by atoms with Crippen LogP contribution >= 0.6 is 0 Å². The van der Waals surface area contributed by atoms with Crippen LogP contribution in [-0.2, 0) is 5.54 Å². The zero-order valence-electron chi connectivity index (χ0n) is 8.20. The Kier molecular flexibility index (Phi) is 2.23. The molecule has 1 heterocycles. The van der Waals surface area contributed by atoms with E-state index in [1.165, 1.54) is 12.4 Å². The number of nitrogens with zero attached hydrogens (tertiary/aromatic N) is 2. The molecule has 4 heteroatoms. The molecule has 0 aromatic carbocycles. The number of aromatic nitrogens is 2. The summed E-state index contributed by atoms with van der Waals surface area (Å²) in [7, 11) is 0. The summed E-state index contributed by atoms with van der Waals surface area (Å²) in [6, 6.07) is 0. The lowest BCUT2D eigenvalue weighted by Crippen LogP contribution is -2.40. The monoisotopic (exact) mass is 195 g/mol. The van der Waals surface area contributed by atoms with Gasteiger partial charge in [-0.15, -0.1) is 0 Å². The minimum atomic E-state index is -0.451. The molecular formula is C10H14FN3. The normalized spacial score (nSPS) is 32.1. The Bertz CT molecular complexity index is 325. The third-order valence-corrected chi connectivity index (χ3v) is 3.14. The molecule has 2 rings (SSSR count). The number of rotatable bonds is 1. The summed E-state index contributed by atoms with van der Waals surface area (Å²) >= 11 is 0. The van der Waals surface area contributed by atoms with Crippen molar-refractivity contribution < 1.29 is 4.39 Å². The molecule has 0 aliphatic heterocycles. The molecule has 0 spiro atoms. The van der Waals surface area contributed by atoms with Gasteiger partial charge in [0.1, 0.15) is 5.82 Å². The van der Waals surface area contributed by atoms with E-state index in [1.807, 2.05) is 0 Å². The summed E-state index contributed by atoms with van der Waals surface area (Å²) in [6.07, 6.45) is 5.44. The fourth-order valence-electron chi connectivity index (χ4n) is 2.09. The van der Waals surface area contributed by atoms with Gasteiger partial charge in [-0.2, -0.15) is 0 Å². The van der Waals surface area contributed by atoms with Crippen LogP contribution in [0, 0.1) is 11.7 Å². The highest BCUT2D eigenvalue weighted by molar-refractivity contribution is 5.10. The lowest BCUT2D eigenvalue weighted by molar-refractivity contribution is 0.327. The summed E-state index contributed by atoms with van der Waals surface area (Å²) in [6.45, 7) is 2.10. The molecule has 0 saturated heterocycles. The van der Waals surface area contributed by atoms with Crippen molar-refractivity contribution in [3.05, 3.63) is 24.0 Å². The van der Waals surface area contributed by atoms with E-state index in [2.05, 4.69) is 16.9 Å². The van der Waals surface area contributed by atoms with E-state index in [1.54, 1.807) is 0 Å². The van der Waals surface area contributed by atoms with Gasteiger partial charge >= 0.3 is 0 Å². The molecule has 1 aliphatic rings. The predicted molar refractivity (Wildman–Crippen MR) is 50.9 cm³/mol. The molecule has 1 aliphatic carbocycles. The maximum atomic E-state index is 12.6. The number of hydrogen-bond acceptors (Lipinski definition) is 3. The van der Waals surface area contributed by atoms with E-state index in [0.717, 1.165) is 19.3 Å². The summed E-state index contributed by atoms with van der Waals surface area (Å²) in [5, 5.41) is 0. The quantitative estimate of drug-likeness (QED) is 0.740. The second-order valence-corrected chi connectivity index (χ2v) is 4.06. The number of nitrogens with two attached hydrogens (primary N) is 1. The molecule has 1 aromatic heterocycles. The summed E-state index contributed by atoms with van der Waals surface area (Å²) in [5.41, 5.74) is 5.78. The number of halogens is 1. The van der Waals surface area contributed by atoms with Crippen molar-refractivity contribution in [2.45, 2.75) is 31.7 Å². The third-order valence-electron chi connectivity index (χ3n) is 3.14. The molecule has 0 radical (unpaired) electrons. The van der Waals surface area contributed by atoms with Gasteiger partial charge in [0.15, 0.2) is 5.82 Å². The first-order valence-corrected chi connectivity index (χ1v) is 4.90. The lowest BCUT2D eigenvalue weighted by Gasteiger charge is -2.26. The Hall–Kier alpha value is -1.03. The van der Waals surface area contributed by atoms with Crippen LogP contribution in [-0.4, -0.2) is 9.97 Å². The lowest BCUT2D eigenvalue weighted by atomic mass is 9.88. The first kappa shape index (κ1) is 9.52. The van der Waals surface area contributed by atoms with E-state index in [9.17, 15) is 4.39 Å². The average molecular weight is 195 g/mol. The molecule has 3 nitrogen and oxygen atoms in total. The van der Waals surface area contributed by atoms with Crippen LogP contribution in [0.4, 0.5) is 4.39 Å². The molecule has 1 fully saturated rings. The van der Waals surface area contributed by atoms with Gasteiger partial charge in [0, 0.05) is 0 Å². The van der Waals surface area contributed by atoms with Crippen molar-refractivity contribution >= 4 is 0 Å². The molecule has 1 aromatic rings. The first-order chi connectivity index (χ1) is 6.63. The van der Waals surface area contributed by atoms with Gasteiger partial charge < -0.3 is 5.73 Å². The molecule has 76 valence electrons. The van der Waals surface area contributed by atoms with Crippen molar-refractivity contribution in [2.24, 2.45) is 11.7 Å². The zero-order chi connectivity index (χ0) is 10.2. The fourth-order valence-corrected chi connectivity index (χ4v) is 2.09. The molecule has 0 bridgehead atoms. The van der Waals surface area contributed by atoms with Gasteiger partial charge in [0.05, 0.1) is 17.9 Å². The molecule has 2 unspecified atom stereocenters. The van der Waals surface area contributed by atoms with Gasteiger partial charge in [0.2, 0.25) is 0 Å². The summed E-state index contributed by atoms with van der Waals surface area (Å²) in [4.78, 5) is 7.94. The molecular weight excluding hydrogens is 181 g/mol. The van der Waals surface area contributed by atoms with E-state index in [4.69, 9.17) is 5.73 Å². The maximum absolute atomic E-state index is 12.6. The van der Waals surface area contributed by atoms with E-state index in [0.29, 0.717) is 11.7 Å². The molecule has 2 N–H and O–H groups in total. The fraction of sp³-hybridized carbons (Fsp3) is 0.600. The SMILES string of the molecule is CC1CCCC1(N)c1ncc(F)cn1. The Morgan fingerprint density at radius 3 is 2.64 bits per heavy atom. The largest absolute Gasteiger partial charge is 0.319 e. The Morgan fingerprint density at radius 2 is 2.14 bits per heavy atom. The van der Waals surface area contributed by atoms with Crippen LogP contribution < -0.4 is 5.73 Å². The highest BCUT2D eigenvalue weighted by atomic mass is 19.1. The van der Waals surface area contributed by atoms with Crippen LogP contribution in [0.5, 0.6) is 0 Å². The number of hydrogen-bond donors (Lipinski definition) is 1. The molecule has 1 saturated carbocycles. The standard InChI is InChI=1S/C10H14FN3/c1-7-3-2-4-10(7,12)9-13-5-8(11)6-14-9/h5-7H,2-4,12H2,1H3. The Labute approximate surface area is 82.6 Å². The van der Waals surface area contributed by atoms with Crippen LogP contribution in [0.15, 0.2) is 12.4 Å². The smallest absolute Gasteiger partial charge is 0.159 e. The van der Waals surface area contributed by atoms with Crippen molar-refractivity contribution in [3.63, 3.8) is 0 Å². The zero-order valence-corrected chi connectivity index (χ0v) is 8.20. The Morgan fingerprint density at radius 1 is 1.50 bits per heavy atom. The van der Waals surface area contributed by atoms with Gasteiger partial charge in [-0.1, -0.05) is 13.3 Å². The summed E-state index contributed by atoms with van der Waals surface area (Å²) < 4.78 is 12.6. The second-order valence-electron chi connectivity index (χ2n) is 4.06. The van der Waals surface area contributed by atoms with Gasteiger partial charge in [0.25, 0.3) is 0 Å². The highest BCUT2D eigenvalue weighted by Gasteiger charge is 2.40. The third kappa shape index (κ3) is 1.39. The van der Waals surface area contributed by atoms with Crippen LogP contribution in [0.3, 0.4) is 0 Å². The highest BCUT2D eigenvalue weighted by Crippen LogP contribution is 2.39. The van der Waals surface area contributed by atoms with Crippen LogP contribution in [0.2, 0.25) is 0 Å². The summed E-state index contributed by atoms with van der Waals surface area (Å²) in [5.74, 6) is 0.528. The van der Waals surface area contributed by atoms with Gasteiger partial charge in [-0.3, -0.25) is 0 Å². The first-order valence-electron chi connectivity index (χ1n) is 4.90. The van der Waals surface area contributed by atoms with Crippen molar-refractivity contribution in [1.82, 2.24) is 9.97 Å². The average Bonchev–Trinajstić information content (AvgIpc) is 2.49. The van der Waals surface area contributed by atoms with Gasteiger partial charge in [-0.05, 0) is 18.8 Å². The van der Waals surface area contributed by atoms with E-state index < -0.39 is 11.4 Å². The van der Waals surface area contributed by atoms with E-state index in [-0.39, 0.29) is 0 Å². The van der Waals surface area contributed by atoms with Crippen molar-refractivity contribution in [1.29, 1.82) is 0 Å². The molecule has 2 atom stereocenters. The minimum absolute atomic E-state index is 0.368. The topological polar surface area (TPSA) is 51.8 Å². The van der Waals surface area contributed by atoms with Crippen LogP contribution in [0.25, 0.3) is 0 Å². The van der Waals surface area contributed by atoms with Gasteiger partial charge in [-0.25, -0.2) is 14.4 Å². The molecule has 0 amide bonds. The van der Waals surface area contributed by atoms with Crippen LogP contribution in [0.1, 0.15) is 32.0 Å². The molecule has 14 heavy (non-hydrogen) atoms. The maximum Gasteiger partial charge on any atom is 0.159 e.